The molecule has 3 heteroatoms. The fraction of sp³-hybridized carbons (Fsp3) is 0. The normalized spacial score (nSPS) is 11.2. The molecule has 4 rings (SSSR count). The highest BCUT2D eigenvalue weighted by Gasteiger charge is 2.03. The number of para-hydroxylation sites is 2. The molecule has 2 nitrogen and oxygen atoms in total. The molecule has 0 atom stereocenters. The minimum atomic E-state index is 0.770. The number of fused-ring (bicyclic) bond motifs is 4. The van der Waals surface area contributed by atoms with E-state index in [1.54, 1.807) is 11.3 Å². The molecule has 2 aromatic carbocycles. The molecule has 0 saturated carbocycles. The van der Waals surface area contributed by atoms with Gasteiger partial charge in [0.15, 0.2) is 11.2 Å². The van der Waals surface area contributed by atoms with Crippen LogP contribution in [0.1, 0.15) is 0 Å². The summed E-state index contributed by atoms with van der Waals surface area (Å²) in [5.74, 6) is 0. The SMILES string of the molecule is c1ccc2c(c1)oc1cscc1oc1ccccc12. The predicted octanol–water partition coefficient (Wildman–Crippen LogP) is 5.52. The Bertz CT molecular complexity index is 850. The second-order valence-electron chi connectivity index (χ2n) is 4.30. The van der Waals surface area contributed by atoms with Crippen LogP contribution < -0.4 is 0 Å². The number of benzene rings is 2. The quantitative estimate of drug-likeness (QED) is 0.419. The van der Waals surface area contributed by atoms with Gasteiger partial charge in [0, 0.05) is 21.5 Å². The third kappa shape index (κ3) is 1.71. The Morgan fingerprint density at radius 2 is 1.05 bits per heavy atom. The van der Waals surface area contributed by atoms with Gasteiger partial charge in [-0.3, -0.25) is 0 Å². The lowest BCUT2D eigenvalue weighted by molar-refractivity contribution is 0.621. The smallest absolute Gasteiger partial charge is 0.180 e. The Morgan fingerprint density at radius 1 is 0.579 bits per heavy atom. The topological polar surface area (TPSA) is 26.3 Å². The summed E-state index contributed by atoms with van der Waals surface area (Å²) in [6.45, 7) is 0. The number of hydrogen-bond acceptors (Lipinski definition) is 3. The van der Waals surface area contributed by atoms with Crippen LogP contribution in [0.25, 0.3) is 33.1 Å². The maximum atomic E-state index is 5.96. The van der Waals surface area contributed by atoms with Crippen molar-refractivity contribution in [1.29, 1.82) is 0 Å². The molecule has 0 bridgehead atoms. The van der Waals surface area contributed by atoms with Gasteiger partial charge in [-0.2, -0.15) is 0 Å². The average Bonchev–Trinajstić information content (AvgIpc) is 2.85. The van der Waals surface area contributed by atoms with Crippen molar-refractivity contribution >= 4 is 44.4 Å². The summed E-state index contributed by atoms with van der Waals surface area (Å²) >= 11 is 1.57. The maximum absolute atomic E-state index is 5.96. The molecule has 0 N–H and O–H groups in total. The van der Waals surface area contributed by atoms with E-state index in [1.807, 2.05) is 47.2 Å². The molecule has 0 radical (unpaired) electrons. The first-order valence-electron chi connectivity index (χ1n) is 6.02. The summed E-state index contributed by atoms with van der Waals surface area (Å²) in [6, 6.07) is 16.1. The zero-order valence-electron chi connectivity index (χ0n) is 10.00. The minimum Gasteiger partial charge on any atom is -0.452 e. The molecule has 0 aliphatic carbocycles. The fourth-order valence-electron chi connectivity index (χ4n) is 2.22. The van der Waals surface area contributed by atoms with Gasteiger partial charge in [0.2, 0.25) is 0 Å². The first-order chi connectivity index (χ1) is 9.42. The molecule has 0 amide bonds. The molecule has 0 aliphatic rings. The summed E-state index contributed by atoms with van der Waals surface area (Å²) in [6.07, 6.45) is 0. The van der Waals surface area contributed by atoms with Gasteiger partial charge in [-0.05, 0) is 12.1 Å². The predicted molar refractivity (Wildman–Crippen MR) is 79.0 cm³/mol. The van der Waals surface area contributed by atoms with E-state index in [-0.39, 0.29) is 0 Å². The van der Waals surface area contributed by atoms with Gasteiger partial charge in [0.25, 0.3) is 0 Å². The molecule has 0 unspecified atom stereocenters. The van der Waals surface area contributed by atoms with E-state index in [0.717, 1.165) is 33.1 Å². The Hall–Kier alpha value is -2.26. The van der Waals surface area contributed by atoms with Gasteiger partial charge in [-0.25, -0.2) is 0 Å². The van der Waals surface area contributed by atoms with Gasteiger partial charge in [0.05, 0.1) is 0 Å². The number of rotatable bonds is 0. The molecule has 0 fully saturated rings. The van der Waals surface area contributed by atoms with Crippen molar-refractivity contribution in [3.05, 3.63) is 59.3 Å². The van der Waals surface area contributed by atoms with Gasteiger partial charge in [-0.15, -0.1) is 11.3 Å². The Kier molecular flexibility index (Phi) is 2.32. The summed E-state index contributed by atoms with van der Waals surface area (Å²) in [7, 11) is 0. The number of hydrogen-bond donors (Lipinski definition) is 0. The van der Waals surface area contributed by atoms with Crippen LogP contribution in [-0.2, 0) is 0 Å². The molecule has 4 aromatic rings. The van der Waals surface area contributed by atoms with Gasteiger partial charge < -0.3 is 8.83 Å². The van der Waals surface area contributed by atoms with E-state index in [9.17, 15) is 0 Å². The van der Waals surface area contributed by atoms with E-state index in [0.29, 0.717) is 0 Å². The van der Waals surface area contributed by atoms with Crippen LogP contribution in [0.3, 0.4) is 0 Å². The lowest BCUT2D eigenvalue weighted by atomic mass is 10.1. The zero-order chi connectivity index (χ0) is 12.7. The Morgan fingerprint density at radius 3 is 1.58 bits per heavy atom. The van der Waals surface area contributed by atoms with Crippen molar-refractivity contribution in [2.45, 2.75) is 0 Å². The summed E-state index contributed by atoms with van der Waals surface area (Å²) in [5.41, 5.74) is 3.26. The zero-order valence-corrected chi connectivity index (χ0v) is 10.8. The molecule has 19 heavy (non-hydrogen) atoms. The molecule has 0 aliphatic heterocycles. The van der Waals surface area contributed by atoms with E-state index < -0.39 is 0 Å². The summed E-state index contributed by atoms with van der Waals surface area (Å²) in [5, 5.41) is 6.02. The minimum absolute atomic E-state index is 0.770. The largest absolute Gasteiger partial charge is 0.452 e. The van der Waals surface area contributed by atoms with Crippen LogP contribution >= 0.6 is 11.3 Å². The van der Waals surface area contributed by atoms with Crippen LogP contribution in [0.2, 0.25) is 0 Å². The molecule has 2 aromatic heterocycles. The first kappa shape index (κ1) is 10.6. The maximum Gasteiger partial charge on any atom is 0.180 e. The second kappa shape index (κ2) is 4.14. The molecule has 0 spiro atoms. The van der Waals surface area contributed by atoms with Crippen molar-refractivity contribution in [3.8, 4) is 0 Å². The average molecular weight is 266 g/mol. The monoisotopic (exact) mass is 266 g/mol. The lowest BCUT2D eigenvalue weighted by Crippen LogP contribution is -1.74. The summed E-state index contributed by atoms with van der Waals surface area (Å²) < 4.78 is 11.9. The van der Waals surface area contributed by atoms with Gasteiger partial charge in [0.1, 0.15) is 11.2 Å². The lowest BCUT2D eigenvalue weighted by Gasteiger charge is -2.00. The molecule has 2 heterocycles. The second-order valence-corrected chi connectivity index (χ2v) is 5.04. The van der Waals surface area contributed by atoms with E-state index >= 15 is 0 Å². The molecule has 92 valence electrons. The number of thiophene rings is 1. The first-order valence-corrected chi connectivity index (χ1v) is 6.96. The van der Waals surface area contributed by atoms with Crippen molar-refractivity contribution in [2.24, 2.45) is 0 Å². The van der Waals surface area contributed by atoms with Crippen molar-refractivity contribution in [2.75, 3.05) is 0 Å². The van der Waals surface area contributed by atoms with Gasteiger partial charge in [-0.1, -0.05) is 36.4 Å². The van der Waals surface area contributed by atoms with Gasteiger partial charge >= 0.3 is 0 Å². The highest BCUT2D eigenvalue weighted by atomic mass is 32.1. The van der Waals surface area contributed by atoms with Crippen LogP contribution in [-0.4, -0.2) is 0 Å². The van der Waals surface area contributed by atoms with Crippen molar-refractivity contribution in [3.63, 3.8) is 0 Å². The Labute approximate surface area is 113 Å². The molecular formula is C16H10O2S. The standard InChI is InChI=1S/C16H10O2S/c1-3-7-13-11(5-1)12-6-2-4-8-14(12)18-16-10-19-9-15(16)17-13/h1-10H. The highest BCUT2D eigenvalue weighted by Crippen LogP contribution is 2.28. The van der Waals surface area contributed by atoms with E-state index in [1.165, 1.54) is 0 Å². The molecule has 0 saturated heterocycles. The van der Waals surface area contributed by atoms with E-state index in [2.05, 4.69) is 12.1 Å². The van der Waals surface area contributed by atoms with E-state index in [4.69, 9.17) is 8.83 Å². The van der Waals surface area contributed by atoms with Crippen molar-refractivity contribution in [1.82, 2.24) is 0 Å². The van der Waals surface area contributed by atoms with Crippen LogP contribution in [0.5, 0.6) is 0 Å². The molecular weight excluding hydrogens is 256 g/mol. The third-order valence-corrected chi connectivity index (χ3v) is 3.80. The summed E-state index contributed by atoms with van der Waals surface area (Å²) in [4.78, 5) is 0. The third-order valence-electron chi connectivity index (χ3n) is 3.10. The van der Waals surface area contributed by atoms with Crippen LogP contribution in [0, 0.1) is 0 Å². The Balaban J connectivity index is 2.39. The van der Waals surface area contributed by atoms with Crippen LogP contribution in [0.4, 0.5) is 0 Å². The fourth-order valence-corrected chi connectivity index (χ4v) is 2.86. The van der Waals surface area contributed by atoms with Crippen molar-refractivity contribution < 1.29 is 8.83 Å². The highest BCUT2D eigenvalue weighted by molar-refractivity contribution is 7.09. The van der Waals surface area contributed by atoms with Crippen LogP contribution in [0.15, 0.2) is 68.1 Å².